The van der Waals surface area contributed by atoms with Gasteiger partial charge in [0.25, 0.3) is 0 Å². The molecule has 0 aliphatic carbocycles. The van der Waals surface area contributed by atoms with Crippen molar-refractivity contribution in [2.45, 2.75) is 50.8 Å². The Hall–Kier alpha value is -3.25. The average molecular weight is 506 g/mol. The zero-order valence-electron chi connectivity index (χ0n) is 18.6. The first kappa shape index (κ1) is 26.4. The number of anilines is 1. The van der Waals surface area contributed by atoms with E-state index in [1.807, 2.05) is 0 Å². The molecule has 1 atom stereocenters. The molecule has 3 heterocycles. The molecule has 0 unspecified atom stereocenters. The van der Waals surface area contributed by atoms with Gasteiger partial charge in [0.05, 0.1) is 24.5 Å². The number of urea groups is 1. The third-order valence-electron chi connectivity index (χ3n) is 5.24. The van der Waals surface area contributed by atoms with Gasteiger partial charge < -0.3 is 4.90 Å². The molecule has 0 aromatic carbocycles. The molecule has 13 heteroatoms. The fourth-order valence-corrected chi connectivity index (χ4v) is 3.73. The molecule has 35 heavy (non-hydrogen) atoms. The molecule has 0 bridgehead atoms. The van der Waals surface area contributed by atoms with Crippen LogP contribution in [-0.2, 0) is 23.6 Å². The van der Waals surface area contributed by atoms with Gasteiger partial charge in [-0.1, -0.05) is 6.07 Å². The van der Waals surface area contributed by atoms with Crippen molar-refractivity contribution < 1.29 is 40.3 Å². The number of nitrogens with zero attached hydrogens (tertiary/aromatic N) is 4. The Bertz CT molecular complexity index is 1060. The number of pyridine rings is 2. The highest BCUT2D eigenvalue weighted by atomic mass is 19.4. The van der Waals surface area contributed by atoms with Gasteiger partial charge in [-0.15, -0.1) is 0 Å². The lowest BCUT2D eigenvalue weighted by atomic mass is 10.00. The number of rotatable bonds is 7. The predicted molar refractivity (Wildman–Crippen MR) is 110 cm³/mol. The Balaban J connectivity index is 1.76. The van der Waals surface area contributed by atoms with Gasteiger partial charge in [0, 0.05) is 25.6 Å². The van der Waals surface area contributed by atoms with Crippen LogP contribution in [0.4, 0.5) is 41.2 Å². The number of amides is 2. The summed E-state index contributed by atoms with van der Waals surface area (Å²) < 4.78 is 90.8. The Morgan fingerprint density at radius 1 is 0.943 bits per heavy atom. The van der Waals surface area contributed by atoms with Gasteiger partial charge in [-0.05, 0) is 37.6 Å². The number of carbonyl (C=O) groups is 2. The molecule has 190 valence electrons. The van der Waals surface area contributed by atoms with Gasteiger partial charge >= 0.3 is 18.4 Å². The summed E-state index contributed by atoms with van der Waals surface area (Å²) in [7, 11) is 0. The first-order valence-corrected chi connectivity index (χ1v) is 10.4. The molecule has 0 radical (unpaired) electrons. The third kappa shape index (κ3) is 6.67. The van der Waals surface area contributed by atoms with Crippen molar-refractivity contribution in [1.82, 2.24) is 14.9 Å². The lowest BCUT2D eigenvalue weighted by molar-refractivity contribution is -0.142. The smallest absolute Gasteiger partial charge is 0.312 e. The zero-order valence-corrected chi connectivity index (χ0v) is 18.6. The first-order chi connectivity index (χ1) is 16.0. The molecular formula is C22H21F7N4O2. The Kier molecular flexibility index (Phi) is 7.09. The minimum absolute atomic E-state index is 0.0477. The van der Waals surface area contributed by atoms with Gasteiger partial charge in [-0.25, -0.2) is 14.2 Å². The summed E-state index contributed by atoms with van der Waals surface area (Å²) in [6, 6.07) is 2.10. The van der Waals surface area contributed by atoms with Crippen LogP contribution in [0.25, 0.3) is 0 Å². The second-order valence-electron chi connectivity index (χ2n) is 8.76. The van der Waals surface area contributed by atoms with Gasteiger partial charge in [-0.2, -0.15) is 26.3 Å². The molecule has 0 saturated carbocycles. The molecule has 2 aromatic rings. The summed E-state index contributed by atoms with van der Waals surface area (Å²) in [4.78, 5) is 34.5. The summed E-state index contributed by atoms with van der Waals surface area (Å²) in [5.41, 5.74) is -3.74. The molecular weight excluding hydrogens is 485 g/mol. The fourth-order valence-electron chi connectivity index (χ4n) is 3.73. The summed E-state index contributed by atoms with van der Waals surface area (Å²) in [5, 5.41) is 0. The van der Waals surface area contributed by atoms with Crippen LogP contribution in [0.3, 0.4) is 0 Å². The molecule has 2 aromatic heterocycles. The van der Waals surface area contributed by atoms with Crippen LogP contribution in [0.2, 0.25) is 0 Å². The van der Waals surface area contributed by atoms with E-state index < -0.39 is 53.8 Å². The lowest BCUT2D eigenvalue weighted by Crippen LogP contribution is -2.41. The molecule has 0 N–H and O–H groups in total. The van der Waals surface area contributed by atoms with Gasteiger partial charge in [0.1, 0.15) is 17.1 Å². The van der Waals surface area contributed by atoms with E-state index >= 15 is 0 Å². The quantitative estimate of drug-likeness (QED) is 0.492. The SMILES string of the molecule is CC(C)(F)C[C@H]1CN(c2ccc(C(F)(F)F)nc2)C(=O)N1CC(=O)Cc1ccc(C(F)(F)F)nc1. The Morgan fingerprint density at radius 2 is 1.51 bits per heavy atom. The average Bonchev–Trinajstić information content (AvgIpc) is 3.01. The van der Waals surface area contributed by atoms with E-state index in [0.717, 1.165) is 40.4 Å². The number of Topliss-reactive ketones (excluding diaryl/α,β-unsaturated/α-hetero) is 1. The summed E-state index contributed by atoms with van der Waals surface area (Å²) >= 11 is 0. The van der Waals surface area contributed by atoms with E-state index in [0.29, 0.717) is 6.07 Å². The maximum absolute atomic E-state index is 14.4. The maximum atomic E-state index is 14.4. The number of halogens is 7. The van der Waals surface area contributed by atoms with Crippen LogP contribution >= 0.6 is 0 Å². The Morgan fingerprint density at radius 3 is 1.97 bits per heavy atom. The molecule has 1 aliphatic rings. The van der Waals surface area contributed by atoms with E-state index in [9.17, 15) is 40.3 Å². The molecule has 6 nitrogen and oxygen atoms in total. The normalized spacial score (nSPS) is 17.3. The van der Waals surface area contributed by atoms with Crippen LogP contribution < -0.4 is 4.90 Å². The van der Waals surface area contributed by atoms with Gasteiger partial charge in [0.2, 0.25) is 0 Å². The number of alkyl halides is 7. The second-order valence-corrected chi connectivity index (χ2v) is 8.76. The van der Waals surface area contributed by atoms with E-state index in [-0.39, 0.29) is 30.6 Å². The van der Waals surface area contributed by atoms with Crippen LogP contribution in [0.5, 0.6) is 0 Å². The van der Waals surface area contributed by atoms with Crippen LogP contribution in [0, 0.1) is 0 Å². The third-order valence-corrected chi connectivity index (χ3v) is 5.24. The number of carbonyl (C=O) groups excluding carboxylic acids is 2. The number of hydrogen-bond donors (Lipinski definition) is 0. The van der Waals surface area contributed by atoms with Crippen LogP contribution in [-0.4, -0.2) is 51.5 Å². The van der Waals surface area contributed by atoms with Gasteiger partial charge in [0.15, 0.2) is 5.78 Å². The molecule has 1 saturated heterocycles. The highest BCUT2D eigenvalue weighted by molar-refractivity contribution is 5.97. The standard InChI is InChI=1S/C22H21F7N4O2/c1-20(2,23)8-15-11-32(14-4-6-18(31-10-14)22(27,28)29)19(35)33(15)12-16(34)7-13-3-5-17(30-9-13)21(24,25)26/h3-6,9-10,15H,7-8,11-12H2,1-2H3/t15-/m0/s1. The number of ketones is 1. The lowest BCUT2D eigenvalue weighted by Gasteiger charge is -2.26. The minimum atomic E-state index is -4.67. The van der Waals surface area contributed by atoms with Crippen molar-refractivity contribution in [3.8, 4) is 0 Å². The zero-order chi connectivity index (χ0) is 26.2. The largest absolute Gasteiger partial charge is 0.433 e. The van der Waals surface area contributed by atoms with Gasteiger partial charge in [-0.3, -0.25) is 14.7 Å². The number of hydrogen-bond acceptors (Lipinski definition) is 4. The summed E-state index contributed by atoms with van der Waals surface area (Å²) in [6.07, 6.45) is -7.99. The van der Waals surface area contributed by atoms with E-state index in [2.05, 4.69) is 9.97 Å². The molecule has 0 spiro atoms. The minimum Gasteiger partial charge on any atom is -0.312 e. The predicted octanol–water partition coefficient (Wildman–Crippen LogP) is 5.07. The highest BCUT2D eigenvalue weighted by Crippen LogP contribution is 2.32. The van der Waals surface area contributed by atoms with Crippen molar-refractivity contribution in [2.75, 3.05) is 18.0 Å². The molecule has 2 amide bonds. The van der Waals surface area contributed by atoms with Crippen LogP contribution in [0.15, 0.2) is 36.7 Å². The van der Waals surface area contributed by atoms with E-state index in [1.54, 1.807) is 0 Å². The van der Waals surface area contributed by atoms with Crippen molar-refractivity contribution >= 4 is 17.5 Å². The second kappa shape index (κ2) is 9.42. The van der Waals surface area contributed by atoms with E-state index in [1.165, 1.54) is 13.8 Å². The van der Waals surface area contributed by atoms with Crippen molar-refractivity contribution in [3.05, 3.63) is 53.6 Å². The molecule has 3 rings (SSSR count). The first-order valence-electron chi connectivity index (χ1n) is 10.4. The highest BCUT2D eigenvalue weighted by Gasteiger charge is 2.42. The summed E-state index contributed by atoms with van der Waals surface area (Å²) in [5.74, 6) is -0.533. The molecule has 1 fully saturated rings. The summed E-state index contributed by atoms with van der Waals surface area (Å²) in [6.45, 7) is 2.01. The maximum Gasteiger partial charge on any atom is 0.433 e. The van der Waals surface area contributed by atoms with Crippen LogP contribution in [0.1, 0.15) is 37.2 Å². The van der Waals surface area contributed by atoms with Crippen molar-refractivity contribution in [3.63, 3.8) is 0 Å². The molecule has 1 aliphatic heterocycles. The van der Waals surface area contributed by atoms with Crippen molar-refractivity contribution in [1.29, 1.82) is 0 Å². The number of aromatic nitrogens is 2. The topological polar surface area (TPSA) is 66.4 Å². The monoisotopic (exact) mass is 506 g/mol. The Labute approximate surface area is 195 Å². The fraction of sp³-hybridized carbons (Fsp3) is 0.455. The van der Waals surface area contributed by atoms with Crippen molar-refractivity contribution in [2.24, 2.45) is 0 Å². The van der Waals surface area contributed by atoms with E-state index in [4.69, 9.17) is 0 Å².